The molecule has 3 rings (SSSR count). The number of carbonyl (C=O) groups excluding carboxylic acids is 2. The van der Waals surface area contributed by atoms with E-state index in [-0.39, 0.29) is 17.9 Å². The van der Waals surface area contributed by atoms with Gasteiger partial charge in [0.2, 0.25) is 0 Å². The number of fused-ring (bicyclic) bond motifs is 3. The van der Waals surface area contributed by atoms with E-state index in [0.29, 0.717) is 12.0 Å². The van der Waals surface area contributed by atoms with Crippen LogP contribution in [0.15, 0.2) is 36.0 Å². The molecule has 0 spiro atoms. The SMILES string of the molecule is COC(C=CC=CC(=O)OC1C=C2COC(=O)C2(O)C2(C)CCCC(C)(C)C12)OC. The van der Waals surface area contributed by atoms with Crippen LogP contribution >= 0.6 is 0 Å². The van der Waals surface area contributed by atoms with Gasteiger partial charge in [0, 0.05) is 37.2 Å². The fourth-order valence-electron chi connectivity index (χ4n) is 5.66. The van der Waals surface area contributed by atoms with Gasteiger partial charge in [-0.05, 0) is 30.4 Å². The molecule has 0 amide bonds. The van der Waals surface area contributed by atoms with Crippen molar-refractivity contribution in [2.75, 3.05) is 20.8 Å². The molecule has 0 aromatic rings. The highest BCUT2D eigenvalue weighted by Gasteiger charge is 2.69. The highest BCUT2D eigenvalue weighted by Crippen LogP contribution is 2.63. The Kier molecular flexibility index (Phi) is 6.28. The zero-order valence-corrected chi connectivity index (χ0v) is 18.3. The molecule has 1 saturated carbocycles. The van der Waals surface area contributed by atoms with Crippen LogP contribution in [-0.2, 0) is 28.5 Å². The third-order valence-corrected chi connectivity index (χ3v) is 7.01. The molecular formula is C23H32O7. The first-order valence-electron chi connectivity index (χ1n) is 10.3. The minimum absolute atomic E-state index is 0.0279. The molecule has 30 heavy (non-hydrogen) atoms. The van der Waals surface area contributed by atoms with Crippen molar-refractivity contribution < 1.29 is 33.6 Å². The van der Waals surface area contributed by atoms with E-state index in [0.717, 1.165) is 12.8 Å². The van der Waals surface area contributed by atoms with Gasteiger partial charge in [0.1, 0.15) is 12.7 Å². The standard InChI is InChI=1S/C23H32O7/c1-21(2)11-8-12-22(3)19(21)16(13-15-14-29-20(25)23(15,22)26)30-17(24)9-6-7-10-18(27-4)28-5/h6-7,9-10,13,16,18-19,26H,8,11-12,14H2,1-5H3. The van der Waals surface area contributed by atoms with Crippen molar-refractivity contribution in [1.82, 2.24) is 0 Å². The van der Waals surface area contributed by atoms with E-state index >= 15 is 0 Å². The fourth-order valence-corrected chi connectivity index (χ4v) is 5.66. The van der Waals surface area contributed by atoms with E-state index in [9.17, 15) is 14.7 Å². The van der Waals surface area contributed by atoms with Crippen molar-refractivity contribution in [2.24, 2.45) is 16.7 Å². The summed E-state index contributed by atoms with van der Waals surface area (Å²) >= 11 is 0. The monoisotopic (exact) mass is 420 g/mol. The lowest BCUT2D eigenvalue weighted by molar-refractivity contribution is -0.194. The van der Waals surface area contributed by atoms with E-state index in [1.165, 1.54) is 20.3 Å². The number of methoxy groups -OCH3 is 2. The van der Waals surface area contributed by atoms with Gasteiger partial charge >= 0.3 is 11.9 Å². The van der Waals surface area contributed by atoms with Gasteiger partial charge in [-0.1, -0.05) is 39.3 Å². The van der Waals surface area contributed by atoms with Crippen LogP contribution in [0.3, 0.4) is 0 Å². The molecule has 3 aliphatic rings. The number of rotatable bonds is 6. The number of ether oxygens (including phenoxy) is 4. The average molecular weight is 421 g/mol. The van der Waals surface area contributed by atoms with Crippen LogP contribution in [0, 0.1) is 16.7 Å². The second kappa shape index (κ2) is 8.29. The van der Waals surface area contributed by atoms with Gasteiger partial charge in [0.15, 0.2) is 11.9 Å². The first-order valence-corrected chi connectivity index (χ1v) is 10.3. The molecule has 0 bridgehead atoms. The summed E-state index contributed by atoms with van der Waals surface area (Å²) < 4.78 is 21.1. The van der Waals surface area contributed by atoms with Gasteiger partial charge in [-0.25, -0.2) is 9.59 Å². The summed E-state index contributed by atoms with van der Waals surface area (Å²) in [7, 11) is 3.04. The zero-order valence-electron chi connectivity index (χ0n) is 18.3. The maximum Gasteiger partial charge on any atom is 0.343 e. The predicted octanol–water partition coefficient (Wildman–Crippen LogP) is 2.69. The summed E-state index contributed by atoms with van der Waals surface area (Å²) in [4.78, 5) is 25.1. The molecule has 1 N–H and O–H groups in total. The van der Waals surface area contributed by atoms with Crippen LogP contribution in [0.2, 0.25) is 0 Å². The third-order valence-electron chi connectivity index (χ3n) is 7.01. The molecule has 1 aliphatic heterocycles. The maximum absolute atomic E-state index is 12.5. The number of cyclic esters (lactones) is 1. The minimum atomic E-state index is -1.66. The first-order chi connectivity index (χ1) is 14.1. The van der Waals surface area contributed by atoms with E-state index < -0.39 is 35.3 Å². The number of aliphatic hydroxyl groups is 1. The van der Waals surface area contributed by atoms with E-state index in [1.54, 1.807) is 24.3 Å². The molecule has 2 aliphatic carbocycles. The van der Waals surface area contributed by atoms with Gasteiger partial charge in [0.05, 0.1) is 0 Å². The molecule has 166 valence electrons. The largest absolute Gasteiger partial charge is 0.459 e. The van der Waals surface area contributed by atoms with Crippen LogP contribution in [0.1, 0.15) is 40.0 Å². The Morgan fingerprint density at radius 1 is 1.23 bits per heavy atom. The fraction of sp³-hybridized carbons (Fsp3) is 0.652. The van der Waals surface area contributed by atoms with Gasteiger partial charge < -0.3 is 24.1 Å². The summed E-state index contributed by atoms with van der Waals surface area (Å²) in [5.74, 6) is -1.32. The second-order valence-corrected chi connectivity index (χ2v) is 9.20. The average Bonchev–Trinajstić information content (AvgIpc) is 2.97. The number of allylic oxidation sites excluding steroid dienone is 2. The van der Waals surface area contributed by atoms with E-state index in [4.69, 9.17) is 18.9 Å². The Morgan fingerprint density at radius 2 is 1.93 bits per heavy atom. The van der Waals surface area contributed by atoms with Crippen molar-refractivity contribution in [3.8, 4) is 0 Å². The Balaban J connectivity index is 1.86. The topological polar surface area (TPSA) is 91.3 Å². The molecule has 7 heteroatoms. The lowest BCUT2D eigenvalue weighted by atomic mass is 9.46. The summed E-state index contributed by atoms with van der Waals surface area (Å²) in [5.41, 5.74) is -2.17. The lowest BCUT2D eigenvalue weighted by Crippen LogP contribution is -2.65. The first kappa shape index (κ1) is 22.7. The molecule has 2 fully saturated rings. The highest BCUT2D eigenvalue weighted by atomic mass is 16.7. The van der Waals surface area contributed by atoms with E-state index in [2.05, 4.69) is 13.8 Å². The number of hydrogen-bond acceptors (Lipinski definition) is 7. The van der Waals surface area contributed by atoms with Crippen molar-refractivity contribution in [2.45, 2.75) is 58.0 Å². The minimum Gasteiger partial charge on any atom is -0.459 e. The molecular weight excluding hydrogens is 388 g/mol. The Morgan fingerprint density at radius 3 is 2.60 bits per heavy atom. The zero-order chi connectivity index (χ0) is 22.2. The number of hydrogen-bond donors (Lipinski definition) is 1. The van der Waals surface area contributed by atoms with Crippen molar-refractivity contribution in [1.29, 1.82) is 0 Å². The summed E-state index contributed by atoms with van der Waals surface area (Å²) in [6, 6.07) is 0. The summed E-state index contributed by atoms with van der Waals surface area (Å²) in [6.07, 6.45) is 9.35. The van der Waals surface area contributed by atoms with Crippen LogP contribution < -0.4 is 0 Å². The van der Waals surface area contributed by atoms with Gasteiger partial charge in [-0.3, -0.25) is 0 Å². The summed E-state index contributed by atoms with van der Waals surface area (Å²) in [6.45, 7) is 6.16. The predicted molar refractivity (Wildman–Crippen MR) is 109 cm³/mol. The van der Waals surface area contributed by atoms with Gasteiger partial charge in [-0.2, -0.15) is 0 Å². The van der Waals surface area contributed by atoms with Crippen LogP contribution in [-0.4, -0.2) is 55.9 Å². The van der Waals surface area contributed by atoms with Gasteiger partial charge in [-0.15, -0.1) is 0 Å². The van der Waals surface area contributed by atoms with Crippen molar-refractivity contribution in [3.05, 3.63) is 36.0 Å². The van der Waals surface area contributed by atoms with Crippen molar-refractivity contribution in [3.63, 3.8) is 0 Å². The highest BCUT2D eigenvalue weighted by molar-refractivity contribution is 5.88. The molecule has 4 unspecified atom stereocenters. The lowest BCUT2D eigenvalue weighted by Gasteiger charge is -2.59. The molecule has 4 atom stereocenters. The Bertz CT molecular complexity index is 776. The quantitative estimate of drug-likeness (QED) is 0.232. The molecule has 0 aromatic carbocycles. The maximum atomic E-state index is 12.5. The van der Waals surface area contributed by atoms with E-state index in [1.807, 2.05) is 6.92 Å². The Labute approximate surface area is 177 Å². The van der Waals surface area contributed by atoms with Crippen LogP contribution in [0.25, 0.3) is 0 Å². The normalized spacial score (nSPS) is 35.3. The van der Waals surface area contributed by atoms with Crippen molar-refractivity contribution >= 4 is 11.9 Å². The second-order valence-electron chi connectivity index (χ2n) is 9.20. The van der Waals surface area contributed by atoms with Crippen LogP contribution in [0.4, 0.5) is 0 Å². The number of esters is 2. The smallest absolute Gasteiger partial charge is 0.343 e. The molecule has 0 radical (unpaired) electrons. The third kappa shape index (κ3) is 3.63. The Hall–Kier alpha value is -1.96. The molecule has 1 saturated heterocycles. The molecule has 0 aromatic heterocycles. The number of carbonyl (C=O) groups is 2. The molecule has 1 heterocycles. The summed E-state index contributed by atoms with van der Waals surface area (Å²) in [5, 5.41) is 11.5. The van der Waals surface area contributed by atoms with Crippen LogP contribution in [0.5, 0.6) is 0 Å². The van der Waals surface area contributed by atoms with Gasteiger partial charge in [0.25, 0.3) is 0 Å². The molecule has 7 nitrogen and oxygen atoms in total.